The first-order valence-corrected chi connectivity index (χ1v) is 16.9. The summed E-state index contributed by atoms with van der Waals surface area (Å²) in [5.74, 6) is -1.60. The lowest BCUT2D eigenvalue weighted by molar-refractivity contribution is 0.145. The zero-order chi connectivity index (χ0) is 31.7. The van der Waals surface area contributed by atoms with Crippen molar-refractivity contribution in [3.8, 4) is 11.5 Å². The summed E-state index contributed by atoms with van der Waals surface area (Å²) in [5.41, 5.74) is -1.17. The molecule has 3 aromatic rings. The van der Waals surface area contributed by atoms with Crippen LogP contribution >= 0.6 is 22.6 Å². The van der Waals surface area contributed by atoms with E-state index in [2.05, 4.69) is 14.8 Å². The van der Waals surface area contributed by atoms with Crippen LogP contribution in [-0.4, -0.2) is 43.1 Å². The van der Waals surface area contributed by atoms with Gasteiger partial charge >= 0.3 is 16.3 Å². The van der Waals surface area contributed by atoms with E-state index >= 15 is 0 Å². The summed E-state index contributed by atoms with van der Waals surface area (Å²) in [4.78, 5) is 11.6. The van der Waals surface area contributed by atoms with Crippen molar-refractivity contribution in [3.05, 3.63) is 75.4 Å². The average Bonchev–Trinajstić information content (AvgIpc) is 3.72. The van der Waals surface area contributed by atoms with Crippen molar-refractivity contribution in [3.63, 3.8) is 0 Å². The van der Waals surface area contributed by atoms with E-state index in [1.165, 1.54) is 51.1 Å². The molecule has 0 bridgehead atoms. The van der Waals surface area contributed by atoms with E-state index in [9.17, 15) is 35.5 Å². The predicted molar refractivity (Wildman–Crippen MR) is 166 cm³/mol. The Bertz CT molecular complexity index is 1760. The molecule has 11 nitrogen and oxygen atoms in total. The molecule has 0 saturated heterocycles. The fourth-order valence-corrected chi connectivity index (χ4v) is 7.32. The van der Waals surface area contributed by atoms with Crippen molar-refractivity contribution >= 4 is 66.0 Å². The van der Waals surface area contributed by atoms with E-state index in [1.807, 2.05) is 22.6 Å². The third-order valence-corrected chi connectivity index (χ3v) is 10.3. The Morgan fingerprint density at radius 2 is 1.74 bits per heavy atom. The summed E-state index contributed by atoms with van der Waals surface area (Å²) in [6.07, 6.45) is -0.750. The minimum absolute atomic E-state index is 0.0243. The van der Waals surface area contributed by atoms with Crippen LogP contribution in [0.3, 0.4) is 0 Å². The zero-order valence-electron chi connectivity index (χ0n) is 23.2. The van der Waals surface area contributed by atoms with Gasteiger partial charge in [-0.25, -0.2) is 22.0 Å². The highest BCUT2D eigenvalue weighted by molar-refractivity contribution is 14.1. The van der Waals surface area contributed by atoms with Gasteiger partial charge in [-0.1, -0.05) is 12.1 Å². The topological polar surface area (TPSA) is 154 Å². The molecular weight excluding hydrogens is 721 g/mol. The number of hydrogen-bond donors (Lipinski definition) is 4. The second kappa shape index (κ2) is 12.4. The fraction of sp³-hybridized carbons (Fsp3) is 0.296. The van der Waals surface area contributed by atoms with Crippen LogP contribution in [0.15, 0.2) is 54.6 Å². The molecule has 3 aromatic carbocycles. The van der Waals surface area contributed by atoms with Crippen molar-refractivity contribution < 1.29 is 40.3 Å². The lowest BCUT2D eigenvalue weighted by atomic mass is 10.1. The number of halogens is 3. The first-order chi connectivity index (χ1) is 20.0. The van der Waals surface area contributed by atoms with Gasteiger partial charge < -0.3 is 15.2 Å². The lowest BCUT2D eigenvalue weighted by Crippen LogP contribution is -2.53. The number of nitrogens with one attached hydrogen (secondary N) is 3. The Morgan fingerprint density at radius 3 is 2.35 bits per heavy atom. The SMILES string of the molecule is CC(C)(C)N(C(=O)O)S(=O)(=O)NCc1cccc(Oc2cc(F)cc(Nc3ccc(I)cc3F)c2NS(=O)(=O)C2CC2)c1. The normalized spacial score (nSPS) is 13.8. The number of sulfonamides is 1. The molecule has 1 aliphatic carbocycles. The van der Waals surface area contributed by atoms with Crippen molar-refractivity contribution in [2.75, 3.05) is 10.0 Å². The van der Waals surface area contributed by atoms with Crippen LogP contribution in [0.4, 0.5) is 30.6 Å². The second-order valence-corrected chi connectivity index (χ2v) is 15.5. The Kier molecular flexibility index (Phi) is 9.44. The second-order valence-electron chi connectivity index (χ2n) is 10.7. The summed E-state index contributed by atoms with van der Waals surface area (Å²) in [7, 11) is -8.33. The summed E-state index contributed by atoms with van der Waals surface area (Å²) in [5, 5.41) is 11.5. The average molecular weight is 751 g/mol. The number of carbonyl (C=O) groups is 1. The third kappa shape index (κ3) is 8.24. The molecule has 1 saturated carbocycles. The number of anilines is 3. The van der Waals surface area contributed by atoms with Crippen LogP contribution in [0, 0.1) is 15.2 Å². The number of carboxylic acid groups (broad SMARTS) is 1. The third-order valence-electron chi connectivity index (χ3n) is 6.08. The minimum Gasteiger partial charge on any atom is -0.464 e. The van der Waals surface area contributed by atoms with Gasteiger partial charge in [-0.3, -0.25) is 4.72 Å². The number of benzene rings is 3. The standard InChI is InChI=1S/C27H29F2IN4O7S2/c1-27(2,3)34(26(35)36)43(39,40)31-15-16-5-4-6-19(11-16)41-24-13-17(28)12-23(25(24)33-42(37,38)20-8-9-20)32-22-10-7-18(30)14-21(22)29/h4-7,10-14,20,31-33H,8-9,15H2,1-3H3,(H,35,36). The number of ether oxygens (including phenoxy) is 1. The van der Waals surface area contributed by atoms with Crippen molar-refractivity contribution in [1.29, 1.82) is 0 Å². The van der Waals surface area contributed by atoms with Gasteiger partial charge in [0.1, 0.15) is 23.1 Å². The highest BCUT2D eigenvalue weighted by Crippen LogP contribution is 2.41. The minimum atomic E-state index is -4.45. The van der Waals surface area contributed by atoms with Crippen LogP contribution in [-0.2, 0) is 26.8 Å². The Hall–Kier alpha value is -3.22. The van der Waals surface area contributed by atoms with E-state index in [4.69, 9.17) is 4.74 Å². The maximum atomic E-state index is 14.8. The predicted octanol–water partition coefficient (Wildman–Crippen LogP) is 6.12. The molecule has 1 fully saturated rings. The molecule has 16 heteroatoms. The Labute approximate surface area is 262 Å². The first-order valence-electron chi connectivity index (χ1n) is 12.8. The molecule has 4 rings (SSSR count). The number of hydrogen-bond acceptors (Lipinski definition) is 7. The first kappa shape index (κ1) is 32.7. The maximum absolute atomic E-state index is 14.8. The molecule has 0 heterocycles. The van der Waals surface area contributed by atoms with E-state index in [1.54, 1.807) is 12.1 Å². The molecule has 0 aliphatic heterocycles. The fourth-order valence-electron chi connectivity index (χ4n) is 4.04. The van der Waals surface area contributed by atoms with Crippen molar-refractivity contribution in [1.82, 2.24) is 9.03 Å². The van der Waals surface area contributed by atoms with Gasteiger partial charge in [-0.05, 0) is 98.2 Å². The van der Waals surface area contributed by atoms with Gasteiger partial charge in [-0.15, -0.1) is 0 Å². The Morgan fingerprint density at radius 1 is 1.05 bits per heavy atom. The van der Waals surface area contributed by atoms with E-state index in [0.29, 0.717) is 26.3 Å². The van der Waals surface area contributed by atoms with Crippen molar-refractivity contribution in [2.24, 2.45) is 0 Å². The number of amides is 1. The number of rotatable bonds is 11. The van der Waals surface area contributed by atoms with E-state index in [-0.39, 0.29) is 35.1 Å². The molecule has 0 unspecified atom stereocenters. The van der Waals surface area contributed by atoms with Crippen molar-refractivity contribution in [2.45, 2.75) is 50.9 Å². The molecule has 0 spiro atoms. The van der Waals surface area contributed by atoms with Gasteiger partial charge in [0.2, 0.25) is 10.0 Å². The molecule has 1 aliphatic rings. The number of nitrogens with zero attached hydrogens (tertiary/aromatic N) is 1. The van der Waals surface area contributed by atoms with Crippen LogP contribution in [0.25, 0.3) is 0 Å². The molecular formula is C27H29F2IN4O7S2. The van der Waals surface area contributed by atoms with Crippen LogP contribution in [0.1, 0.15) is 39.2 Å². The molecule has 43 heavy (non-hydrogen) atoms. The van der Waals surface area contributed by atoms with Crippen LogP contribution in [0.2, 0.25) is 0 Å². The van der Waals surface area contributed by atoms with Gasteiger partial charge in [0.15, 0.2) is 5.75 Å². The molecule has 0 radical (unpaired) electrons. The summed E-state index contributed by atoms with van der Waals surface area (Å²) < 4.78 is 92.2. The van der Waals surface area contributed by atoms with Gasteiger partial charge in [-0.2, -0.15) is 17.4 Å². The molecule has 0 atom stereocenters. The van der Waals surface area contributed by atoms with E-state index in [0.717, 1.165) is 12.1 Å². The summed E-state index contributed by atoms with van der Waals surface area (Å²) in [6.45, 7) is 3.97. The highest BCUT2D eigenvalue weighted by Gasteiger charge is 2.38. The van der Waals surface area contributed by atoms with Crippen LogP contribution < -0.4 is 19.5 Å². The molecule has 232 valence electrons. The molecule has 4 N–H and O–H groups in total. The van der Waals surface area contributed by atoms with Gasteiger partial charge in [0.25, 0.3) is 0 Å². The Balaban J connectivity index is 1.66. The molecule has 0 aromatic heterocycles. The maximum Gasteiger partial charge on any atom is 0.422 e. The zero-order valence-corrected chi connectivity index (χ0v) is 27.0. The monoisotopic (exact) mass is 750 g/mol. The lowest BCUT2D eigenvalue weighted by Gasteiger charge is -2.31. The quantitative estimate of drug-likeness (QED) is 0.171. The van der Waals surface area contributed by atoms with Gasteiger partial charge in [0.05, 0.1) is 22.2 Å². The van der Waals surface area contributed by atoms with Gasteiger partial charge in [0, 0.05) is 16.2 Å². The van der Waals surface area contributed by atoms with Crippen LogP contribution in [0.5, 0.6) is 11.5 Å². The smallest absolute Gasteiger partial charge is 0.422 e. The summed E-state index contributed by atoms with van der Waals surface area (Å²) >= 11 is 1.93. The molecule has 1 amide bonds. The summed E-state index contributed by atoms with van der Waals surface area (Å²) in [6, 6.07) is 12.2. The van der Waals surface area contributed by atoms with E-state index < -0.39 is 48.7 Å². The highest BCUT2D eigenvalue weighted by atomic mass is 127. The largest absolute Gasteiger partial charge is 0.464 e.